The van der Waals surface area contributed by atoms with Crippen LogP contribution in [0, 0.1) is 0 Å². The number of carbonyl (C=O) groups is 1. The number of carbonyl (C=O) groups excluding carboxylic acids is 1. The normalized spacial score (nSPS) is 12.5. The van der Waals surface area contributed by atoms with E-state index in [1.165, 1.54) is 5.19 Å². The minimum Gasteiger partial charge on any atom is -0.298 e. The number of unbranched alkanes of at least 4 members (excludes halogenated alkanes) is 1. The molecule has 0 aliphatic carbocycles. The van der Waals surface area contributed by atoms with Gasteiger partial charge in [-0.2, -0.15) is 0 Å². The third-order valence-corrected chi connectivity index (χ3v) is 6.25. The fourth-order valence-corrected chi connectivity index (χ4v) is 4.55. The second-order valence-electron chi connectivity index (χ2n) is 5.07. The fourth-order valence-electron chi connectivity index (χ4n) is 2.00. The zero-order chi connectivity index (χ0) is 13.4. The van der Waals surface area contributed by atoms with Crippen molar-refractivity contribution in [1.82, 2.24) is 0 Å². The monoisotopic (exact) mass is 280 g/mol. The molecule has 0 heterocycles. The molecular weight excluding hydrogens is 260 g/mol. The average molecular weight is 281 g/mol. The number of allylic oxidation sites excluding steroid dienone is 1. The molecule has 1 aromatic rings. The Morgan fingerprint density at radius 3 is 2.44 bits per heavy atom. The Morgan fingerprint density at radius 1 is 1.22 bits per heavy atom. The molecule has 0 fully saturated rings. The number of hydrogen-bond acceptors (Lipinski definition) is 1. The van der Waals surface area contributed by atoms with E-state index in [0.29, 0.717) is 5.88 Å². The first-order chi connectivity index (χ1) is 8.60. The summed E-state index contributed by atoms with van der Waals surface area (Å²) in [6, 6.07) is 10.5. The Balaban J connectivity index is 2.80. The summed E-state index contributed by atoms with van der Waals surface area (Å²) in [5.41, 5.74) is 3.14. The highest BCUT2D eigenvalue weighted by molar-refractivity contribution is 6.94. The molecule has 0 saturated heterocycles. The van der Waals surface area contributed by atoms with Gasteiger partial charge in [-0.25, -0.2) is 0 Å². The molecule has 0 spiro atoms. The van der Waals surface area contributed by atoms with Crippen molar-refractivity contribution in [2.45, 2.75) is 32.4 Å². The standard InChI is InChI=1S/C15H21ClOSi/c1-18(2,15-9-4-3-5-10-15)13-14(12-17)8-6-7-11-16/h3-5,9-10,12-13H,6-8,11H2,1-2H3/b14-13-. The number of rotatable bonds is 7. The van der Waals surface area contributed by atoms with Gasteiger partial charge in [-0.3, -0.25) is 4.79 Å². The van der Waals surface area contributed by atoms with E-state index in [9.17, 15) is 4.79 Å². The van der Waals surface area contributed by atoms with Crippen molar-refractivity contribution >= 4 is 31.1 Å². The summed E-state index contributed by atoms with van der Waals surface area (Å²) in [4.78, 5) is 11.1. The van der Waals surface area contributed by atoms with Gasteiger partial charge in [-0.05, 0) is 24.8 Å². The maximum Gasteiger partial charge on any atom is 0.145 e. The third-order valence-electron chi connectivity index (χ3n) is 3.06. The summed E-state index contributed by atoms with van der Waals surface area (Å²) < 4.78 is 0. The first kappa shape index (κ1) is 15.2. The molecule has 0 radical (unpaired) electrons. The highest BCUT2D eigenvalue weighted by Gasteiger charge is 2.20. The highest BCUT2D eigenvalue weighted by Crippen LogP contribution is 2.12. The van der Waals surface area contributed by atoms with Gasteiger partial charge in [-0.1, -0.05) is 54.3 Å². The number of halogens is 1. The lowest BCUT2D eigenvalue weighted by atomic mass is 10.1. The molecule has 1 aromatic carbocycles. The van der Waals surface area contributed by atoms with Gasteiger partial charge >= 0.3 is 0 Å². The molecule has 98 valence electrons. The minimum absolute atomic E-state index is 0.672. The Morgan fingerprint density at radius 2 is 1.89 bits per heavy atom. The molecule has 0 amide bonds. The van der Waals surface area contributed by atoms with Gasteiger partial charge in [-0.15, -0.1) is 11.6 Å². The quantitative estimate of drug-likeness (QED) is 0.245. The lowest BCUT2D eigenvalue weighted by Gasteiger charge is -2.19. The molecule has 0 aliphatic heterocycles. The second kappa shape index (κ2) is 7.55. The van der Waals surface area contributed by atoms with Gasteiger partial charge in [0.2, 0.25) is 0 Å². The lowest BCUT2D eigenvalue weighted by Crippen LogP contribution is -2.39. The predicted octanol–water partition coefficient (Wildman–Crippen LogP) is 3.68. The highest BCUT2D eigenvalue weighted by atomic mass is 35.5. The first-order valence-electron chi connectivity index (χ1n) is 6.38. The molecule has 0 aliphatic rings. The van der Waals surface area contributed by atoms with Crippen LogP contribution in [0.3, 0.4) is 0 Å². The Bertz CT molecular complexity index is 398. The molecule has 1 nitrogen and oxygen atoms in total. The van der Waals surface area contributed by atoms with E-state index >= 15 is 0 Å². The van der Waals surface area contributed by atoms with Crippen LogP contribution < -0.4 is 5.19 Å². The lowest BCUT2D eigenvalue weighted by molar-refractivity contribution is -0.105. The van der Waals surface area contributed by atoms with Crippen molar-refractivity contribution in [1.29, 1.82) is 0 Å². The van der Waals surface area contributed by atoms with Crippen molar-refractivity contribution in [2.75, 3.05) is 5.88 Å². The zero-order valence-electron chi connectivity index (χ0n) is 11.2. The minimum atomic E-state index is -1.65. The van der Waals surface area contributed by atoms with Gasteiger partial charge in [0.1, 0.15) is 14.4 Å². The molecule has 0 atom stereocenters. The van der Waals surface area contributed by atoms with E-state index < -0.39 is 8.07 Å². The summed E-state index contributed by atoms with van der Waals surface area (Å²) in [6.07, 6.45) is 3.82. The molecule has 1 rings (SSSR count). The SMILES string of the molecule is C[Si](C)(/C=C(\C=O)CCCCCl)c1ccccc1. The molecule has 18 heavy (non-hydrogen) atoms. The third kappa shape index (κ3) is 4.79. The van der Waals surface area contributed by atoms with Crippen molar-refractivity contribution in [3.05, 3.63) is 41.6 Å². The maximum absolute atomic E-state index is 11.1. The van der Waals surface area contributed by atoms with Crippen LogP contribution in [0.2, 0.25) is 13.1 Å². The van der Waals surface area contributed by atoms with Crippen LogP contribution in [0.5, 0.6) is 0 Å². The van der Waals surface area contributed by atoms with E-state index in [0.717, 1.165) is 31.1 Å². The molecular formula is C15H21ClOSi. The van der Waals surface area contributed by atoms with Crippen molar-refractivity contribution in [3.8, 4) is 0 Å². The van der Waals surface area contributed by atoms with Gasteiger partial charge < -0.3 is 0 Å². The number of alkyl halides is 1. The summed E-state index contributed by atoms with van der Waals surface area (Å²) >= 11 is 5.66. The number of benzene rings is 1. The van der Waals surface area contributed by atoms with Gasteiger partial charge in [0.25, 0.3) is 0 Å². The summed E-state index contributed by atoms with van der Waals surface area (Å²) in [5.74, 6) is 0.672. The average Bonchev–Trinajstić information content (AvgIpc) is 2.38. The van der Waals surface area contributed by atoms with Crippen molar-refractivity contribution in [3.63, 3.8) is 0 Å². The Labute approximate surface area is 116 Å². The zero-order valence-corrected chi connectivity index (χ0v) is 12.9. The number of hydrogen-bond donors (Lipinski definition) is 0. The molecule has 3 heteroatoms. The molecule has 0 bridgehead atoms. The van der Waals surface area contributed by atoms with Crippen LogP contribution in [0.25, 0.3) is 0 Å². The maximum atomic E-state index is 11.1. The molecule has 0 N–H and O–H groups in total. The predicted molar refractivity (Wildman–Crippen MR) is 82.3 cm³/mol. The summed E-state index contributed by atoms with van der Waals surface area (Å²) in [5, 5.41) is 1.36. The van der Waals surface area contributed by atoms with Crippen LogP contribution in [0.15, 0.2) is 41.6 Å². The van der Waals surface area contributed by atoms with Crippen LogP contribution in [0.1, 0.15) is 19.3 Å². The molecule has 0 saturated carbocycles. The van der Waals surface area contributed by atoms with Crippen LogP contribution in [0.4, 0.5) is 0 Å². The molecule has 0 aromatic heterocycles. The Hall–Kier alpha value is -0.863. The van der Waals surface area contributed by atoms with E-state index in [1.807, 2.05) is 6.07 Å². The van der Waals surface area contributed by atoms with Crippen LogP contribution >= 0.6 is 11.6 Å². The van der Waals surface area contributed by atoms with Gasteiger partial charge in [0.15, 0.2) is 0 Å². The second-order valence-corrected chi connectivity index (χ2v) is 9.76. The smallest absolute Gasteiger partial charge is 0.145 e. The fraction of sp³-hybridized carbons (Fsp3) is 0.400. The van der Waals surface area contributed by atoms with E-state index in [1.54, 1.807) is 0 Å². The largest absolute Gasteiger partial charge is 0.298 e. The summed E-state index contributed by atoms with van der Waals surface area (Å²) in [6.45, 7) is 4.54. The van der Waals surface area contributed by atoms with E-state index in [-0.39, 0.29) is 0 Å². The Kier molecular flexibility index (Phi) is 6.37. The van der Waals surface area contributed by atoms with Crippen molar-refractivity contribution < 1.29 is 4.79 Å². The van der Waals surface area contributed by atoms with Crippen molar-refractivity contribution in [2.24, 2.45) is 0 Å². The van der Waals surface area contributed by atoms with Crippen LogP contribution in [-0.4, -0.2) is 20.2 Å². The van der Waals surface area contributed by atoms with E-state index in [2.05, 4.69) is 43.1 Å². The number of aldehydes is 1. The first-order valence-corrected chi connectivity index (χ1v) is 10.00. The van der Waals surface area contributed by atoms with E-state index in [4.69, 9.17) is 11.6 Å². The van der Waals surface area contributed by atoms with Crippen LogP contribution in [-0.2, 0) is 4.79 Å². The van der Waals surface area contributed by atoms with Gasteiger partial charge in [0.05, 0.1) is 0 Å². The van der Waals surface area contributed by atoms with Gasteiger partial charge in [0, 0.05) is 5.88 Å². The molecule has 0 unspecified atom stereocenters. The summed E-state index contributed by atoms with van der Waals surface area (Å²) in [7, 11) is -1.65. The topological polar surface area (TPSA) is 17.1 Å².